The minimum Gasteiger partial charge on any atom is -0.495 e. The van der Waals surface area contributed by atoms with Gasteiger partial charge in [-0.3, -0.25) is 10.2 Å². The van der Waals surface area contributed by atoms with Crippen molar-refractivity contribution >= 4 is 87.4 Å². The van der Waals surface area contributed by atoms with E-state index in [9.17, 15) is 61.0 Å². The number of hydrogen-bond donors (Lipinski definition) is 13. The van der Waals surface area contributed by atoms with E-state index in [0.29, 0.717) is 0 Å². The van der Waals surface area contributed by atoms with Crippen molar-refractivity contribution in [1.82, 2.24) is 30.2 Å². The molecule has 0 spiro atoms. The number of aromatic nitrogens is 5. The second-order valence-electron chi connectivity index (χ2n) is 17.4. The Labute approximate surface area is 461 Å². The van der Waals surface area contributed by atoms with Crippen LogP contribution in [-0.2, 0) is 0 Å². The molecule has 0 unspecified atom stereocenters. The van der Waals surface area contributed by atoms with Gasteiger partial charge >= 0.3 is 0 Å². The first-order chi connectivity index (χ1) is 38.0. The van der Waals surface area contributed by atoms with Crippen molar-refractivity contribution in [2.45, 2.75) is 71.4 Å². The SMILES string of the molecule is C=C1N=C(O)c2nc(oc2C)C(=C)N=C(O)[C@H](C(C)(C)O)N=C(O)C(=C)N=C(O)c2coc(n2)/C(=C/C)N=C(O)[C@H]([C@@H](C)O)N=C(O)c2csc(n2)-c2ccc(C(=O)NC(=C)C(O)=N[C@@H](C)C(=N)O)nc2-c2coc(n2)C(=C)N=C1O. The number of hydrogen-bond acceptors (Lipinski definition) is 21. The van der Waals surface area contributed by atoms with Gasteiger partial charge in [0.15, 0.2) is 23.5 Å². The molecule has 0 aromatic carbocycles. The first-order valence-electron chi connectivity index (χ1n) is 23.1. The Morgan fingerprint density at radius 3 is 2.02 bits per heavy atom. The van der Waals surface area contributed by atoms with Gasteiger partial charge in [0, 0.05) is 10.9 Å². The zero-order valence-corrected chi connectivity index (χ0v) is 44.4. The molecule has 1 aliphatic heterocycles. The zero-order valence-electron chi connectivity index (χ0n) is 43.6. The third-order valence-electron chi connectivity index (χ3n) is 10.7. The normalized spacial score (nSPS) is 18.1. The number of nitrogens with one attached hydrogen (secondary N) is 2. The lowest BCUT2D eigenvalue weighted by molar-refractivity contribution is 0.0681. The molecule has 1 amide bonds. The maximum atomic E-state index is 13.5. The van der Waals surface area contributed by atoms with Crippen LogP contribution in [0.1, 0.15) is 85.6 Å². The highest BCUT2D eigenvalue weighted by molar-refractivity contribution is 7.13. The fraction of sp³-hybridized carbons (Fsp3) is 0.220. The summed E-state index contributed by atoms with van der Waals surface area (Å²) >= 11 is 0.931. The summed E-state index contributed by atoms with van der Waals surface area (Å²) in [4.78, 5) is 66.4. The predicted molar refractivity (Wildman–Crippen MR) is 298 cm³/mol. The first-order valence-corrected chi connectivity index (χ1v) is 24.0. The van der Waals surface area contributed by atoms with E-state index in [1.165, 1.54) is 65.1 Å². The smallest absolute Gasteiger partial charge is 0.274 e. The van der Waals surface area contributed by atoms with E-state index in [2.05, 4.69) is 103 Å². The fourth-order valence-corrected chi connectivity index (χ4v) is 7.28. The molecular weight excluding hydrogens is 1080 g/mol. The Kier molecular flexibility index (Phi) is 18.0. The van der Waals surface area contributed by atoms with Gasteiger partial charge in [0.1, 0.15) is 80.6 Å². The summed E-state index contributed by atoms with van der Waals surface area (Å²) in [6.45, 7) is 26.0. The molecule has 5 aromatic heterocycles. The average Bonchev–Trinajstić information content (AvgIpc) is 4.29. The summed E-state index contributed by atoms with van der Waals surface area (Å²) in [5.74, 6) is -10.0. The summed E-state index contributed by atoms with van der Waals surface area (Å²) < 4.78 is 16.7. The number of aliphatic hydroxyl groups is 11. The molecule has 0 aliphatic carbocycles. The van der Waals surface area contributed by atoms with Gasteiger partial charge in [-0.25, -0.2) is 64.9 Å². The number of aliphatic hydroxyl groups excluding tert-OH is 10. The van der Waals surface area contributed by atoms with Crippen molar-refractivity contribution in [3.8, 4) is 22.0 Å². The largest absolute Gasteiger partial charge is 0.495 e. The molecule has 0 fully saturated rings. The fourth-order valence-electron chi connectivity index (χ4n) is 6.46. The summed E-state index contributed by atoms with van der Waals surface area (Å²) in [6, 6.07) is -1.96. The third-order valence-corrected chi connectivity index (χ3v) is 11.6. The van der Waals surface area contributed by atoms with Gasteiger partial charge in [0.25, 0.3) is 5.91 Å². The van der Waals surface area contributed by atoms with E-state index < -0.39 is 117 Å². The number of thiazole rings is 1. The molecule has 5 aromatic rings. The van der Waals surface area contributed by atoms with Crippen LogP contribution in [0.15, 0.2) is 139 Å². The number of aryl methyl sites for hydroxylation is 1. The van der Waals surface area contributed by atoms with Crippen LogP contribution in [0.5, 0.6) is 0 Å². The van der Waals surface area contributed by atoms with Gasteiger partial charge < -0.3 is 74.7 Å². The van der Waals surface area contributed by atoms with Gasteiger partial charge in [0.05, 0.1) is 17.4 Å². The first kappa shape index (κ1) is 59.7. The summed E-state index contributed by atoms with van der Waals surface area (Å²) in [5, 5.41) is 130. The Hall–Kier alpha value is -10.5. The summed E-state index contributed by atoms with van der Waals surface area (Å²) in [6.07, 6.45) is 1.81. The quantitative estimate of drug-likeness (QED) is 0.0599. The van der Waals surface area contributed by atoms with Crippen LogP contribution in [0.4, 0.5) is 0 Å². The molecule has 30 nitrogen and oxygen atoms in total. The van der Waals surface area contributed by atoms with Gasteiger partial charge in [0.2, 0.25) is 70.8 Å². The highest BCUT2D eigenvalue weighted by atomic mass is 32.1. The maximum absolute atomic E-state index is 13.5. The lowest BCUT2D eigenvalue weighted by atomic mass is 9.99. The Balaban J connectivity index is 1.47. The molecule has 6 rings (SSSR count). The van der Waals surface area contributed by atoms with E-state index in [1.807, 2.05) is 0 Å². The number of carbonyl (C=O) groups is 1. The molecule has 0 saturated carbocycles. The van der Waals surface area contributed by atoms with Crippen LogP contribution in [0.25, 0.3) is 39.1 Å². The van der Waals surface area contributed by atoms with Gasteiger partial charge in [-0.15, -0.1) is 11.3 Å². The van der Waals surface area contributed by atoms with Gasteiger partial charge in [-0.2, -0.15) is 0 Å². The monoisotopic (exact) mass is 1130 g/mol. The number of fused-ring (bicyclic) bond motifs is 11. The Bertz CT molecular complexity index is 3690. The number of oxazole rings is 3. The molecule has 31 heteroatoms. The van der Waals surface area contributed by atoms with Crippen molar-refractivity contribution in [3.05, 3.63) is 132 Å². The van der Waals surface area contributed by atoms with Crippen LogP contribution in [0.3, 0.4) is 0 Å². The standard InChI is InChI=1S/C50H51N15O15S/c1-12-27-48-61-30(16-79-48)41(72)54-21(5)39(70)65-35(50(10,11)77)45(76)57-23(7)47-64-33(25(9)80-47)44(75)55-20(4)38(69)56-22(6)46-60-29(15-78-46)34-26(49-62-31(17-81-49)42(73)63-32(24(8)66)43(74)59-27)13-14-28(58-34)40(71)53-19(3)37(68)52-18(2)36(51)67/h12-18,24,32,35,66,77H,3-7H2,1-2,8-11H3,(H2,51,67)(H,52,68)(H,53,71)(H,54,72)(H,55,75)(H,56,69)(H,57,76)(H,59,74)(H,63,73)(H,65,70)/b27-12-/t18-,24+,32-,35+/m0/s1. The molecule has 0 saturated heterocycles. The van der Waals surface area contributed by atoms with Gasteiger partial charge in [-0.1, -0.05) is 39.0 Å². The van der Waals surface area contributed by atoms with Crippen LogP contribution in [0, 0.1) is 12.3 Å². The van der Waals surface area contributed by atoms with Crippen molar-refractivity contribution in [3.63, 3.8) is 0 Å². The lowest BCUT2D eigenvalue weighted by Gasteiger charge is -2.24. The number of allylic oxidation sites excluding steroid dienone is 1. The highest BCUT2D eigenvalue weighted by Crippen LogP contribution is 2.34. The Morgan fingerprint density at radius 2 is 1.37 bits per heavy atom. The van der Waals surface area contributed by atoms with Crippen LogP contribution in [-0.4, -0.2) is 170 Å². The number of rotatable bonds is 7. The summed E-state index contributed by atoms with van der Waals surface area (Å²) in [5.41, 5.74) is -5.70. The minimum atomic E-state index is -1.96. The number of carbonyl (C=O) groups excluding carboxylic acids is 1. The molecule has 13 N–H and O–H groups in total. The van der Waals surface area contributed by atoms with Crippen molar-refractivity contribution in [2.75, 3.05) is 0 Å². The number of amides is 1. The minimum absolute atomic E-state index is 0.0767. The average molecular weight is 1130 g/mol. The second-order valence-corrected chi connectivity index (χ2v) is 18.3. The van der Waals surface area contributed by atoms with Crippen molar-refractivity contribution < 1.29 is 74.2 Å². The van der Waals surface area contributed by atoms with E-state index in [1.54, 1.807) is 0 Å². The molecule has 4 atom stereocenters. The maximum Gasteiger partial charge on any atom is 0.274 e. The summed E-state index contributed by atoms with van der Waals surface area (Å²) in [7, 11) is 0. The van der Waals surface area contributed by atoms with Crippen LogP contribution < -0.4 is 5.32 Å². The van der Waals surface area contributed by atoms with Crippen LogP contribution >= 0.6 is 11.3 Å². The molecule has 422 valence electrons. The number of pyridine rings is 1. The van der Waals surface area contributed by atoms with Crippen LogP contribution in [0.2, 0.25) is 0 Å². The second kappa shape index (κ2) is 24.4. The van der Waals surface area contributed by atoms with Crippen molar-refractivity contribution in [1.29, 1.82) is 5.41 Å². The highest BCUT2D eigenvalue weighted by Gasteiger charge is 2.34. The van der Waals surface area contributed by atoms with E-state index in [4.69, 9.17) is 18.7 Å². The number of nitrogens with zero attached hydrogens (tertiary/aromatic N) is 13. The van der Waals surface area contributed by atoms with E-state index in [0.717, 1.165) is 23.9 Å². The van der Waals surface area contributed by atoms with E-state index in [-0.39, 0.29) is 73.7 Å². The van der Waals surface area contributed by atoms with E-state index >= 15 is 0 Å². The molecule has 8 bridgehead atoms. The lowest BCUT2D eigenvalue weighted by Crippen LogP contribution is -2.41. The molecular formula is C50H51N15O15S. The zero-order chi connectivity index (χ0) is 59.9. The molecule has 0 radical (unpaired) electrons. The predicted octanol–water partition coefficient (Wildman–Crippen LogP) is 6.64. The number of aliphatic imine (C=N–C) groups is 8. The third kappa shape index (κ3) is 14.2. The van der Waals surface area contributed by atoms with Gasteiger partial charge in [-0.05, 0) is 53.7 Å². The van der Waals surface area contributed by atoms with Crippen molar-refractivity contribution in [2.24, 2.45) is 39.9 Å². The topological polar surface area (TPSA) is 478 Å². The Morgan fingerprint density at radius 1 is 0.753 bits per heavy atom. The molecule has 81 heavy (non-hydrogen) atoms. The molecule has 1 aliphatic rings. The molecule has 6 heterocycles.